The van der Waals surface area contributed by atoms with Crippen LogP contribution in [-0.4, -0.2) is 30.4 Å². The topological polar surface area (TPSA) is 79.6 Å². The lowest BCUT2D eigenvalue weighted by molar-refractivity contribution is -0.158. The Balaban J connectivity index is 1.85. The van der Waals surface area contributed by atoms with Gasteiger partial charge in [-0.1, -0.05) is 43.7 Å². The number of esters is 1. The molecule has 1 fully saturated rings. The van der Waals surface area contributed by atoms with Crippen molar-refractivity contribution in [1.82, 2.24) is 4.90 Å². The molecule has 2 aromatic rings. The van der Waals surface area contributed by atoms with E-state index in [-0.39, 0.29) is 18.5 Å². The normalized spacial score (nSPS) is 18.4. The monoisotopic (exact) mass is 420 g/mol. The van der Waals surface area contributed by atoms with Gasteiger partial charge in [0.2, 0.25) is 5.91 Å². The van der Waals surface area contributed by atoms with Gasteiger partial charge in [-0.15, -0.1) is 0 Å². The Labute approximate surface area is 183 Å². The van der Waals surface area contributed by atoms with Crippen molar-refractivity contribution in [3.8, 4) is 11.8 Å². The van der Waals surface area contributed by atoms with E-state index in [0.29, 0.717) is 30.7 Å². The van der Waals surface area contributed by atoms with Crippen LogP contribution in [0.25, 0.3) is 0 Å². The Kier molecular flexibility index (Phi) is 7.66. The smallest absolute Gasteiger partial charge is 0.311 e. The Morgan fingerprint density at radius 1 is 1.19 bits per heavy atom. The van der Waals surface area contributed by atoms with Crippen molar-refractivity contribution < 1.29 is 19.1 Å². The number of piperidine rings is 1. The number of nitrogens with zero attached hydrogens (tertiary/aromatic N) is 2. The molecule has 0 bridgehead atoms. The summed E-state index contributed by atoms with van der Waals surface area (Å²) in [5, 5.41) is 8.93. The van der Waals surface area contributed by atoms with Gasteiger partial charge in [-0.05, 0) is 36.6 Å². The molecule has 6 heteroatoms. The second-order valence-electron chi connectivity index (χ2n) is 7.69. The molecular weight excluding hydrogens is 392 g/mol. The maximum atomic E-state index is 13.2. The van der Waals surface area contributed by atoms with E-state index < -0.39 is 12.0 Å². The highest BCUT2D eigenvalue weighted by atomic mass is 16.5. The molecule has 1 aliphatic heterocycles. The standard InChI is InChI=1S/C25H28N2O4/c1-3-4-15-27-23(28)14-13-21(24(27)20-7-5-6-8-22(20)30-2)25(29)31-17-19-11-9-18(16-26)10-12-19/h5-12,21,24H,3-4,13-15,17H2,1-2H3/t21-,24+/m1/s1. The molecule has 1 saturated heterocycles. The minimum absolute atomic E-state index is 0.0560. The summed E-state index contributed by atoms with van der Waals surface area (Å²) >= 11 is 0. The van der Waals surface area contributed by atoms with Gasteiger partial charge in [0.15, 0.2) is 0 Å². The summed E-state index contributed by atoms with van der Waals surface area (Å²) in [4.78, 5) is 27.8. The molecule has 1 aliphatic rings. The Morgan fingerprint density at radius 3 is 2.61 bits per heavy atom. The van der Waals surface area contributed by atoms with Gasteiger partial charge in [0.1, 0.15) is 12.4 Å². The van der Waals surface area contributed by atoms with Gasteiger partial charge in [0.25, 0.3) is 0 Å². The minimum Gasteiger partial charge on any atom is -0.496 e. The number of likely N-dealkylation sites (tertiary alicyclic amines) is 1. The van der Waals surface area contributed by atoms with E-state index in [4.69, 9.17) is 14.7 Å². The van der Waals surface area contributed by atoms with E-state index in [0.717, 1.165) is 24.0 Å². The number of amides is 1. The number of benzene rings is 2. The van der Waals surface area contributed by atoms with Crippen molar-refractivity contribution in [2.24, 2.45) is 5.92 Å². The average molecular weight is 421 g/mol. The van der Waals surface area contributed by atoms with Gasteiger partial charge in [-0.2, -0.15) is 5.26 Å². The third-order valence-corrected chi connectivity index (χ3v) is 5.68. The molecule has 1 heterocycles. The predicted molar refractivity (Wildman–Crippen MR) is 116 cm³/mol. The van der Waals surface area contributed by atoms with E-state index >= 15 is 0 Å². The molecule has 2 atom stereocenters. The van der Waals surface area contributed by atoms with Crippen LogP contribution in [0, 0.1) is 17.2 Å². The molecule has 0 spiro atoms. The maximum Gasteiger partial charge on any atom is 0.311 e. The molecule has 0 saturated carbocycles. The fourth-order valence-electron chi connectivity index (χ4n) is 4.02. The zero-order chi connectivity index (χ0) is 22.2. The number of methoxy groups -OCH3 is 1. The van der Waals surface area contributed by atoms with Crippen LogP contribution in [-0.2, 0) is 20.9 Å². The van der Waals surface area contributed by atoms with Gasteiger partial charge < -0.3 is 14.4 Å². The molecule has 0 unspecified atom stereocenters. The number of hydrogen-bond donors (Lipinski definition) is 0. The van der Waals surface area contributed by atoms with Gasteiger partial charge in [-0.3, -0.25) is 9.59 Å². The maximum absolute atomic E-state index is 13.2. The first-order valence-corrected chi connectivity index (χ1v) is 10.7. The predicted octanol–water partition coefficient (Wildman–Crippen LogP) is 4.39. The molecule has 0 radical (unpaired) electrons. The second-order valence-corrected chi connectivity index (χ2v) is 7.69. The molecule has 6 nitrogen and oxygen atoms in total. The first-order chi connectivity index (χ1) is 15.1. The first kappa shape index (κ1) is 22.4. The van der Waals surface area contributed by atoms with Crippen LogP contribution in [0.1, 0.15) is 55.3 Å². The number of ether oxygens (including phenoxy) is 2. The summed E-state index contributed by atoms with van der Waals surface area (Å²) < 4.78 is 11.2. The SMILES string of the molecule is CCCCN1C(=O)CC[C@@H](C(=O)OCc2ccc(C#N)cc2)[C@@H]1c1ccccc1OC. The summed E-state index contributed by atoms with van der Waals surface area (Å²) in [7, 11) is 1.60. The third kappa shape index (κ3) is 5.24. The number of unbranched alkanes of at least 4 members (excludes halogenated alkanes) is 1. The first-order valence-electron chi connectivity index (χ1n) is 10.7. The molecular formula is C25H28N2O4. The van der Waals surface area contributed by atoms with Crippen LogP contribution in [0.15, 0.2) is 48.5 Å². The lowest BCUT2D eigenvalue weighted by atomic mass is 9.83. The van der Waals surface area contributed by atoms with E-state index in [1.54, 1.807) is 31.4 Å². The number of para-hydroxylation sites is 1. The quantitative estimate of drug-likeness (QED) is 0.592. The van der Waals surface area contributed by atoms with Gasteiger partial charge in [0.05, 0.1) is 30.7 Å². The zero-order valence-corrected chi connectivity index (χ0v) is 18.0. The fourth-order valence-corrected chi connectivity index (χ4v) is 4.02. The Morgan fingerprint density at radius 2 is 1.94 bits per heavy atom. The third-order valence-electron chi connectivity index (χ3n) is 5.68. The van der Waals surface area contributed by atoms with Crippen LogP contribution in [0.3, 0.4) is 0 Å². The summed E-state index contributed by atoms with van der Waals surface area (Å²) in [6.45, 7) is 2.80. The molecule has 0 aliphatic carbocycles. The largest absolute Gasteiger partial charge is 0.496 e. The van der Waals surface area contributed by atoms with Crippen LogP contribution < -0.4 is 4.74 Å². The minimum atomic E-state index is -0.468. The van der Waals surface area contributed by atoms with Crippen molar-refractivity contribution >= 4 is 11.9 Å². The van der Waals surface area contributed by atoms with E-state index in [1.807, 2.05) is 29.2 Å². The van der Waals surface area contributed by atoms with Gasteiger partial charge in [-0.25, -0.2) is 0 Å². The molecule has 0 aromatic heterocycles. The van der Waals surface area contributed by atoms with Crippen molar-refractivity contribution in [2.75, 3.05) is 13.7 Å². The number of hydrogen-bond acceptors (Lipinski definition) is 5. The summed E-state index contributed by atoms with van der Waals surface area (Å²) in [5.74, 6) is -0.0763. The molecule has 31 heavy (non-hydrogen) atoms. The van der Waals surface area contributed by atoms with E-state index in [1.165, 1.54) is 0 Å². The fraction of sp³-hybridized carbons (Fsp3) is 0.400. The lowest BCUT2D eigenvalue weighted by Gasteiger charge is -2.41. The number of rotatable bonds is 8. The summed E-state index contributed by atoms with van der Waals surface area (Å²) in [6, 6.07) is 16.2. The Bertz CT molecular complexity index is 949. The molecule has 1 amide bonds. The van der Waals surface area contributed by atoms with Crippen LogP contribution in [0.4, 0.5) is 0 Å². The van der Waals surface area contributed by atoms with Crippen molar-refractivity contribution in [3.63, 3.8) is 0 Å². The van der Waals surface area contributed by atoms with E-state index in [9.17, 15) is 9.59 Å². The van der Waals surface area contributed by atoms with Gasteiger partial charge >= 0.3 is 5.97 Å². The van der Waals surface area contributed by atoms with Crippen LogP contribution in [0.5, 0.6) is 5.75 Å². The number of carbonyl (C=O) groups excluding carboxylic acids is 2. The number of nitriles is 1. The van der Waals surface area contributed by atoms with Gasteiger partial charge in [0, 0.05) is 18.5 Å². The van der Waals surface area contributed by atoms with Crippen molar-refractivity contribution in [3.05, 3.63) is 65.2 Å². The molecule has 0 N–H and O–H groups in total. The highest BCUT2D eigenvalue weighted by molar-refractivity contribution is 5.82. The molecule has 162 valence electrons. The zero-order valence-electron chi connectivity index (χ0n) is 18.0. The second kappa shape index (κ2) is 10.6. The highest BCUT2D eigenvalue weighted by Crippen LogP contribution is 2.41. The Hall–Kier alpha value is -3.33. The number of carbonyl (C=O) groups is 2. The van der Waals surface area contributed by atoms with Crippen molar-refractivity contribution in [2.45, 2.75) is 45.3 Å². The average Bonchev–Trinajstić information content (AvgIpc) is 2.81. The lowest BCUT2D eigenvalue weighted by Crippen LogP contribution is -2.46. The molecule has 2 aromatic carbocycles. The van der Waals surface area contributed by atoms with Crippen LogP contribution >= 0.6 is 0 Å². The van der Waals surface area contributed by atoms with Crippen molar-refractivity contribution in [1.29, 1.82) is 5.26 Å². The van der Waals surface area contributed by atoms with Crippen LogP contribution in [0.2, 0.25) is 0 Å². The highest BCUT2D eigenvalue weighted by Gasteiger charge is 2.42. The molecule has 3 rings (SSSR count). The summed E-state index contributed by atoms with van der Waals surface area (Å²) in [5.41, 5.74) is 2.20. The van der Waals surface area contributed by atoms with E-state index in [2.05, 4.69) is 13.0 Å². The summed E-state index contributed by atoms with van der Waals surface area (Å²) in [6.07, 6.45) is 2.59.